The molecule has 27 heavy (non-hydrogen) atoms. The number of carbonyl (C=O) groups excluding carboxylic acids is 1. The second-order valence-electron chi connectivity index (χ2n) is 5.54. The molecule has 0 atom stereocenters. The number of aromatic amines is 1. The lowest BCUT2D eigenvalue weighted by Crippen LogP contribution is -2.31. The van der Waals surface area contributed by atoms with Gasteiger partial charge in [0.05, 0.1) is 28.7 Å². The first-order valence-electron chi connectivity index (χ1n) is 7.73. The molecule has 9 nitrogen and oxygen atoms in total. The molecular formula is C17H12FN3O6. The van der Waals surface area contributed by atoms with Gasteiger partial charge < -0.3 is 4.74 Å². The van der Waals surface area contributed by atoms with E-state index in [0.717, 1.165) is 22.9 Å². The maximum Gasteiger partial charge on any atom is 0.313 e. The van der Waals surface area contributed by atoms with Gasteiger partial charge in [0.15, 0.2) is 0 Å². The number of fused-ring (bicyclic) bond motifs is 1. The zero-order valence-electron chi connectivity index (χ0n) is 13.7. The third kappa shape index (κ3) is 3.73. The van der Waals surface area contributed by atoms with Gasteiger partial charge >= 0.3 is 11.7 Å². The molecule has 0 aliphatic heterocycles. The number of H-pyrrole nitrogens is 1. The molecule has 0 saturated heterocycles. The van der Waals surface area contributed by atoms with Gasteiger partial charge in [0.25, 0.3) is 11.1 Å². The number of nitrogens with one attached hydrogen (secondary N) is 1. The summed E-state index contributed by atoms with van der Waals surface area (Å²) in [5.41, 5.74) is -1.57. The summed E-state index contributed by atoms with van der Waals surface area (Å²) in [6.45, 7) is -0.221. The first-order chi connectivity index (χ1) is 12.9. The Morgan fingerprint density at radius 2 is 1.89 bits per heavy atom. The minimum absolute atomic E-state index is 0.190. The van der Waals surface area contributed by atoms with Crippen molar-refractivity contribution >= 4 is 22.4 Å². The molecule has 1 aromatic heterocycles. The zero-order chi connectivity index (χ0) is 19.6. The van der Waals surface area contributed by atoms with Crippen LogP contribution in [-0.4, -0.2) is 20.7 Å². The number of esters is 1. The van der Waals surface area contributed by atoms with E-state index in [4.69, 9.17) is 4.74 Å². The van der Waals surface area contributed by atoms with E-state index < -0.39 is 39.3 Å². The summed E-state index contributed by atoms with van der Waals surface area (Å²) in [5, 5.41) is 13.7. The Morgan fingerprint density at radius 3 is 2.59 bits per heavy atom. The molecule has 1 heterocycles. The van der Waals surface area contributed by atoms with Crippen molar-refractivity contribution in [2.75, 3.05) is 0 Å². The van der Waals surface area contributed by atoms with Crippen LogP contribution in [0.3, 0.4) is 0 Å². The highest BCUT2D eigenvalue weighted by Crippen LogP contribution is 2.27. The lowest BCUT2D eigenvalue weighted by molar-refractivity contribution is -0.385. The summed E-state index contributed by atoms with van der Waals surface area (Å²) in [4.78, 5) is 46.4. The quantitative estimate of drug-likeness (QED) is 0.314. The normalized spacial score (nSPS) is 10.7. The fourth-order valence-electron chi connectivity index (χ4n) is 2.50. The van der Waals surface area contributed by atoms with E-state index in [-0.39, 0.29) is 23.7 Å². The standard InChI is InChI=1S/C17H12FN3O6/c18-10-5-6-13(21(25)26)14(9-10)27-15(22)7-8-20-17(24)12-4-2-1-3-11(12)16(23)19-20/h1-6,9H,7-8H2,(H,19,23). The van der Waals surface area contributed by atoms with Crippen molar-refractivity contribution in [3.8, 4) is 5.75 Å². The number of nitrogens with zero attached hydrogens (tertiary/aromatic N) is 2. The Labute approximate surface area is 149 Å². The van der Waals surface area contributed by atoms with Gasteiger partial charge in [0.2, 0.25) is 5.75 Å². The maximum absolute atomic E-state index is 13.3. The van der Waals surface area contributed by atoms with Crippen LogP contribution in [0.2, 0.25) is 0 Å². The van der Waals surface area contributed by atoms with Gasteiger partial charge in [-0.1, -0.05) is 12.1 Å². The van der Waals surface area contributed by atoms with Crippen LogP contribution >= 0.6 is 0 Å². The average molecular weight is 373 g/mol. The Balaban J connectivity index is 1.79. The van der Waals surface area contributed by atoms with Gasteiger partial charge in [0.1, 0.15) is 5.82 Å². The predicted molar refractivity (Wildman–Crippen MR) is 92.1 cm³/mol. The van der Waals surface area contributed by atoms with E-state index in [1.807, 2.05) is 0 Å². The van der Waals surface area contributed by atoms with Crippen LogP contribution in [0.25, 0.3) is 10.8 Å². The molecular weight excluding hydrogens is 361 g/mol. The fourth-order valence-corrected chi connectivity index (χ4v) is 2.50. The Morgan fingerprint density at radius 1 is 1.19 bits per heavy atom. The summed E-state index contributed by atoms with van der Waals surface area (Å²) in [7, 11) is 0. The number of rotatable bonds is 5. The van der Waals surface area contributed by atoms with Gasteiger partial charge in [-0.3, -0.25) is 29.6 Å². The minimum Gasteiger partial charge on any atom is -0.419 e. The third-order valence-electron chi connectivity index (χ3n) is 3.77. The molecule has 3 rings (SSSR count). The van der Waals surface area contributed by atoms with Crippen LogP contribution in [0, 0.1) is 15.9 Å². The van der Waals surface area contributed by atoms with E-state index in [1.165, 1.54) is 12.1 Å². The first-order valence-corrected chi connectivity index (χ1v) is 7.73. The van der Waals surface area contributed by atoms with Crippen molar-refractivity contribution in [2.24, 2.45) is 0 Å². The van der Waals surface area contributed by atoms with Gasteiger partial charge in [-0.2, -0.15) is 0 Å². The topological polar surface area (TPSA) is 124 Å². The van der Waals surface area contributed by atoms with Gasteiger partial charge in [-0.25, -0.2) is 9.07 Å². The van der Waals surface area contributed by atoms with Crippen molar-refractivity contribution in [3.63, 3.8) is 0 Å². The Hall–Kier alpha value is -3.82. The summed E-state index contributed by atoms with van der Waals surface area (Å²) in [5.74, 6) is -2.27. The number of hydrogen-bond donors (Lipinski definition) is 1. The summed E-state index contributed by atoms with van der Waals surface area (Å²) < 4.78 is 19.0. The number of carbonyl (C=O) groups is 1. The van der Waals surface area contributed by atoms with Crippen LogP contribution in [0.15, 0.2) is 52.1 Å². The Kier molecular flexibility index (Phi) is 4.79. The van der Waals surface area contributed by atoms with E-state index in [2.05, 4.69) is 5.10 Å². The van der Waals surface area contributed by atoms with Crippen molar-refractivity contribution in [1.29, 1.82) is 0 Å². The number of nitro benzene ring substituents is 1. The SMILES string of the molecule is O=C(CCn1[nH]c(=O)c2ccccc2c1=O)Oc1cc(F)ccc1[N+](=O)[O-]. The van der Waals surface area contributed by atoms with E-state index in [0.29, 0.717) is 0 Å². The van der Waals surface area contributed by atoms with Gasteiger partial charge in [-0.05, 0) is 18.2 Å². The number of halogens is 1. The summed E-state index contributed by atoms with van der Waals surface area (Å²) >= 11 is 0. The van der Waals surface area contributed by atoms with E-state index in [9.17, 15) is 28.9 Å². The van der Waals surface area contributed by atoms with Crippen LogP contribution in [0.1, 0.15) is 6.42 Å². The van der Waals surface area contributed by atoms with E-state index in [1.54, 1.807) is 12.1 Å². The zero-order valence-corrected chi connectivity index (χ0v) is 13.7. The number of nitro groups is 1. The molecule has 0 fully saturated rings. The number of benzene rings is 2. The fraction of sp³-hybridized carbons (Fsp3) is 0.118. The Bertz CT molecular complexity index is 1170. The summed E-state index contributed by atoms with van der Waals surface area (Å²) in [6, 6.07) is 8.67. The smallest absolute Gasteiger partial charge is 0.313 e. The van der Waals surface area contributed by atoms with E-state index >= 15 is 0 Å². The van der Waals surface area contributed by atoms with Crippen molar-refractivity contribution in [3.05, 3.63) is 79.1 Å². The molecule has 0 spiro atoms. The van der Waals surface area contributed by atoms with Crippen LogP contribution in [-0.2, 0) is 11.3 Å². The van der Waals surface area contributed by atoms with Gasteiger partial charge in [-0.15, -0.1) is 0 Å². The minimum atomic E-state index is -0.926. The second kappa shape index (κ2) is 7.20. The van der Waals surface area contributed by atoms with Crippen LogP contribution < -0.4 is 15.9 Å². The number of hydrogen-bond acceptors (Lipinski definition) is 6. The lowest BCUT2D eigenvalue weighted by Gasteiger charge is -2.08. The molecule has 0 bridgehead atoms. The molecule has 0 amide bonds. The van der Waals surface area contributed by atoms with Crippen LogP contribution in [0.4, 0.5) is 10.1 Å². The largest absolute Gasteiger partial charge is 0.419 e. The molecule has 1 N–H and O–H groups in total. The number of aromatic nitrogens is 2. The molecule has 3 aromatic rings. The first kappa shape index (κ1) is 18.0. The second-order valence-corrected chi connectivity index (χ2v) is 5.54. The molecule has 0 aliphatic rings. The molecule has 0 radical (unpaired) electrons. The lowest BCUT2D eigenvalue weighted by atomic mass is 10.2. The van der Waals surface area contributed by atoms with Gasteiger partial charge in [0, 0.05) is 12.1 Å². The highest BCUT2D eigenvalue weighted by atomic mass is 19.1. The van der Waals surface area contributed by atoms with Crippen LogP contribution in [0.5, 0.6) is 5.75 Å². The molecule has 2 aromatic carbocycles. The highest BCUT2D eigenvalue weighted by Gasteiger charge is 2.19. The molecule has 0 saturated carbocycles. The third-order valence-corrected chi connectivity index (χ3v) is 3.77. The average Bonchev–Trinajstić information content (AvgIpc) is 2.63. The van der Waals surface area contributed by atoms with Crippen molar-refractivity contribution in [2.45, 2.75) is 13.0 Å². The number of aryl methyl sites for hydroxylation is 1. The molecule has 0 unspecified atom stereocenters. The highest BCUT2D eigenvalue weighted by molar-refractivity contribution is 5.80. The van der Waals surface area contributed by atoms with Crippen molar-refractivity contribution in [1.82, 2.24) is 9.78 Å². The molecule has 138 valence electrons. The monoisotopic (exact) mass is 373 g/mol. The summed E-state index contributed by atoms with van der Waals surface area (Å²) in [6.07, 6.45) is -0.373. The maximum atomic E-state index is 13.3. The number of ether oxygens (including phenoxy) is 1. The molecule has 10 heteroatoms. The molecule has 0 aliphatic carbocycles. The van der Waals surface area contributed by atoms with Crippen molar-refractivity contribution < 1.29 is 18.8 Å². The predicted octanol–water partition coefficient (Wildman–Crippen LogP) is 1.73.